The standard InChI is InChI=1S/C11H16O3/c1-12-8-9-6-4-5-7-10(13-2)11(9)14-3/h5-7H,4,8H2,1-3H3. The van der Waals surface area contributed by atoms with Crippen LogP contribution >= 0.6 is 0 Å². The van der Waals surface area contributed by atoms with E-state index in [0.29, 0.717) is 6.61 Å². The molecule has 1 aliphatic carbocycles. The van der Waals surface area contributed by atoms with Crippen molar-refractivity contribution in [2.45, 2.75) is 6.42 Å². The molecule has 0 saturated heterocycles. The average Bonchev–Trinajstić information content (AvgIpc) is 2.40. The zero-order valence-corrected chi connectivity index (χ0v) is 8.87. The highest BCUT2D eigenvalue weighted by molar-refractivity contribution is 5.36. The summed E-state index contributed by atoms with van der Waals surface area (Å²) in [5.41, 5.74) is 1.02. The third-order valence-electron chi connectivity index (χ3n) is 2.01. The van der Waals surface area contributed by atoms with Crippen molar-refractivity contribution in [2.75, 3.05) is 27.9 Å². The molecule has 3 heteroatoms. The van der Waals surface area contributed by atoms with Crippen LogP contribution in [0.1, 0.15) is 6.42 Å². The first kappa shape index (κ1) is 10.9. The largest absolute Gasteiger partial charge is 0.493 e. The first-order valence-electron chi connectivity index (χ1n) is 4.50. The molecule has 0 saturated carbocycles. The molecule has 0 bridgehead atoms. The Hall–Kier alpha value is -1.22. The summed E-state index contributed by atoms with van der Waals surface area (Å²) in [6.07, 6.45) is 6.89. The molecule has 0 atom stereocenters. The van der Waals surface area contributed by atoms with E-state index in [2.05, 4.69) is 6.08 Å². The maximum absolute atomic E-state index is 5.29. The maximum Gasteiger partial charge on any atom is 0.165 e. The molecule has 1 rings (SSSR count). The fourth-order valence-electron chi connectivity index (χ4n) is 1.38. The van der Waals surface area contributed by atoms with Gasteiger partial charge in [0.05, 0.1) is 20.8 Å². The van der Waals surface area contributed by atoms with Crippen LogP contribution in [0.2, 0.25) is 0 Å². The van der Waals surface area contributed by atoms with Gasteiger partial charge in [-0.2, -0.15) is 0 Å². The van der Waals surface area contributed by atoms with Gasteiger partial charge in [-0.3, -0.25) is 0 Å². The van der Waals surface area contributed by atoms with Crippen molar-refractivity contribution in [3.05, 3.63) is 35.3 Å². The highest BCUT2D eigenvalue weighted by Gasteiger charge is 2.13. The lowest BCUT2D eigenvalue weighted by Gasteiger charge is -2.12. The minimum absolute atomic E-state index is 0.539. The Morgan fingerprint density at radius 3 is 2.57 bits per heavy atom. The van der Waals surface area contributed by atoms with Crippen molar-refractivity contribution >= 4 is 0 Å². The Morgan fingerprint density at radius 2 is 2.00 bits per heavy atom. The molecule has 1 aliphatic rings. The van der Waals surface area contributed by atoms with Crippen LogP contribution in [0.3, 0.4) is 0 Å². The lowest BCUT2D eigenvalue weighted by atomic mass is 10.2. The van der Waals surface area contributed by atoms with Crippen LogP contribution in [-0.4, -0.2) is 27.9 Å². The SMILES string of the molecule is COCC1=CCC=CC(OC)=C1OC. The van der Waals surface area contributed by atoms with Gasteiger partial charge in [0.1, 0.15) is 0 Å². The second-order valence-electron chi connectivity index (χ2n) is 2.90. The summed E-state index contributed by atoms with van der Waals surface area (Å²) >= 11 is 0. The second-order valence-corrected chi connectivity index (χ2v) is 2.90. The maximum atomic E-state index is 5.29. The normalized spacial score (nSPS) is 16.4. The number of rotatable bonds is 4. The molecule has 0 N–H and O–H groups in total. The Balaban J connectivity index is 2.98. The Morgan fingerprint density at radius 1 is 1.21 bits per heavy atom. The first-order chi connectivity index (χ1) is 6.83. The Kier molecular flexibility index (Phi) is 4.26. The molecule has 14 heavy (non-hydrogen) atoms. The minimum atomic E-state index is 0.539. The predicted molar refractivity (Wildman–Crippen MR) is 54.8 cm³/mol. The number of allylic oxidation sites excluding steroid dienone is 3. The van der Waals surface area contributed by atoms with E-state index in [9.17, 15) is 0 Å². The topological polar surface area (TPSA) is 27.7 Å². The molecule has 0 unspecified atom stereocenters. The molecule has 0 aromatic rings. The summed E-state index contributed by atoms with van der Waals surface area (Å²) in [4.78, 5) is 0. The molecule has 0 amide bonds. The van der Waals surface area contributed by atoms with Gasteiger partial charge in [0.15, 0.2) is 11.5 Å². The van der Waals surface area contributed by atoms with Crippen LogP contribution in [0, 0.1) is 0 Å². The Bertz CT molecular complexity index is 274. The number of hydrogen-bond donors (Lipinski definition) is 0. The van der Waals surface area contributed by atoms with Gasteiger partial charge in [-0.25, -0.2) is 0 Å². The monoisotopic (exact) mass is 196 g/mol. The van der Waals surface area contributed by atoms with Crippen molar-refractivity contribution in [2.24, 2.45) is 0 Å². The predicted octanol–water partition coefficient (Wildman–Crippen LogP) is 2.02. The summed E-state index contributed by atoms with van der Waals surface area (Å²) in [5, 5.41) is 0. The zero-order chi connectivity index (χ0) is 10.4. The molecule has 0 spiro atoms. The van der Waals surface area contributed by atoms with E-state index in [1.165, 1.54) is 0 Å². The molecule has 0 aromatic carbocycles. The van der Waals surface area contributed by atoms with E-state index >= 15 is 0 Å². The quantitative estimate of drug-likeness (QED) is 0.688. The molecular weight excluding hydrogens is 180 g/mol. The van der Waals surface area contributed by atoms with Crippen LogP contribution in [0.4, 0.5) is 0 Å². The summed E-state index contributed by atoms with van der Waals surface area (Å²) in [5.74, 6) is 1.50. The zero-order valence-electron chi connectivity index (χ0n) is 8.87. The highest BCUT2D eigenvalue weighted by atomic mass is 16.5. The van der Waals surface area contributed by atoms with Crippen LogP contribution in [0.5, 0.6) is 0 Å². The van der Waals surface area contributed by atoms with E-state index in [4.69, 9.17) is 14.2 Å². The van der Waals surface area contributed by atoms with Crippen LogP contribution < -0.4 is 0 Å². The third-order valence-corrected chi connectivity index (χ3v) is 2.01. The summed E-state index contributed by atoms with van der Waals surface area (Å²) < 4.78 is 15.6. The van der Waals surface area contributed by atoms with Gasteiger partial charge in [0.25, 0.3) is 0 Å². The van der Waals surface area contributed by atoms with E-state index in [0.717, 1.165) is 23.5 Å². The van der Waals surface area contributed by atoms with Crippen molar-refractivity contribution in [1.29, 1.82) is 0 Å². The van der Waals surface area contributed by atoms with Crippen molar-refractivity contribution in [3.63, 3.8) is 0 Å². The number of hydrogen-bond acceptors (Lipinski definition) is 3. The fourth-order valence-corrected chi connectivity index (χ4v) is 1.38. The van der Waals surface area contributed by atoms with Gasteiger partial charge in [-0.1, -0.05) is 12.2 Å². The second kappa shape index (κ2) is 5.50. The average molecular weight is 196 g/mol. The third kappa shape index (κ3) is 2.39. The smallest absolute Gasteiger partial charge is 0.165 e. The van der Waals surface area contributed by atoms with Gasteiger partial charge < -0.3 is 14.2 Å². The van der Waals surface area contributed by atoms with Gasteiger partial charge in [-0.15, -0.1) is 0 Å². The molecule has 0 aromatic heterocycles. The fraction of sp³-hybridized carbons (Fsp3) is 0.455. The van der Waals surface area contributed by atoms with Crippen LogP contribution in [0.25, 0.3) is 0 Å². The van der Waals surface area contributed by atoms with Crippen molar-refractivity contribution in [3.8, 4) is 0 Å². The lowest BCUT2D eigenvalue weighted by molar-refractivity contribution is 0.199. The first-order valence-corrected chi connectivity index (χ1v) is 4.50. The van der Waals surface area contributed by atoms with Gasteiger partial charge in [0, 0.05) is 12.7 Å². The van der Waals surface area contributed by atoms with Gasteiger partial charge >= 0.3 is 0 Å². The van der Waals surface area contributed by atoms with Gasteiger partial charge in [-0.05, 0) is 12.5 Å². The molecular formula is C11H16O3. The minimum Gasteiger partial charge on any atom is -0.493 e. The summed E-state index contributed by atoms with van der Waals surface area (Å²) in [6, 6.07) is 0. The number of methoxy groups -OCH3 is 3. The molecule has 3 nitrogen and oxygen atoms in total. The molecule has 0 heterocycles. The van der Waals surface area contributed by atoms with Crippen molar-refractivity contribution in [1.82, 2.24) is 0 Å². The molecule has 0 radical (unpaired) electrons. The lowest BCUT2D eigenvalue weighted by Crippen LogP contribution is -2.03. The molecule has 0 aliphatic heterocycles. The van der Waals surface area contributed by atoms with E-state index in [-0.39, 0.29) is 0 Å². The van der Waals surface area contributed by atoms with Crippen LogP contribution in [-0.2, 0) is 14.2 Å². The molecule has 78 valence electrons. The van der Waals surface area contributed by atoms with Crippen LogP contribution in [0.15, 0.2) is 35.3 Å². The highest BCUT2D eigenvalue weighted by Crippen LogP contribution is 2.21. The van der Waals surface area contributed by atoms with Gasteiger partial charge in [0.2, 0.25) is 0 Å². The summed E-state index contributed by atoms with van der Waals surface area (Å²) in [6.45, 7) is 0.539. The number of ether oxygens (including phenoxy) is 3. The molecule has 0 fully saturated rings. The Labute approximate surface area is 84.7 Å². The summed E-state index contributed by atoms with van der Waals surface area (Å²) in [7, 11) is 4.93. The van der Waals surface area contributed by atoms with E-state index < -0.39 is 0 Å². The van der Waals surface area contributed by atoms with E-state index in [1.54, 1.807) is 21.3 Å². The van der Waals surface area contributed by atoms with Crippen molar-refractivity contribution < 1.29 is 14.2 Å². The van der Waals surface area contributed by atoms with E-state index in [1.807, 2.05) is 12.2 Å².